The van der Waals surface area contributed by atoms with Gasteiger partial charge in [-0.05, 0) is 33.5 Å². The van der Waals surface area contributed by atoms with E-state index in [1.165, 1.54) is 13.1 Å². The van der Waals surface area contributed by atoms with Crippen molar-refractivity contribution in [1.29, 1.82) is 0 Å². The third-order valence-electron chi connectivity index (χ3n) is 2.69. The Labute approximate surface area is 84.6 Å². The first-order valence-electron chi connectivity index (χ1n) is 5.30. The summed E-state index contributed by atoms with van der Waals surface area (Å²) in [4.78, 5) is 0. The summed E-state index contributed by atoms with van der Waals surface area (Å²) < 4.78 is 6.98. The highest BCUT2D eigenvalue weighted by Crippen LogP contribution is 2.05. The van der Waals surface area contributed by atoms with Gasteiger partial charge in [-0.15, -0.1) is 0 Å². The minimum absolute atomic E-state index is 0.925. The second kappa shape index (κ2) is 5.13. The van der Waals surface area contributed by atoms with Crippen molar-refractivity contribution in [1.82, 2.24) is 0 Å². The third-order valence-corrected chi connectivity index (χ3v) is 3.76. The monoisotopic (exact) mass is 204 g/mol. The summed E-state index contributed by atoms with van der Waals surface area (Å²) in [6.45, 7) is 15.7. The summed E-state index contributed by atoms with van der Waals surface area (Å²) >= 11 is 0. The van der Waals surface area contributed by atoms with Gasteiger partial charge in [0.15, 0.2) is 8.32 Å². The standard InChI is InChI=1S/C10H26NOSi/c1-7-11(3,8-2)9-10-12-13(4,5)6/h7-10H2,1-6H3/q+1. The first-order chi connectivity index (χ1) is 5.83. The molecule has 0 unspecified atom stereocenters. The highest BCUT2D eigenvalue weighted by atomic mass is 28.4. The summed E-state index contributed by atoms with van der Waals surface area (Å²) in [5.41, 5.74) is 0. The van der Waals surface area contributed by atoms with E-state index in [0.717, 1.165) is 17.6 Å². The van der Waals surface area contributed by atoms with Crippen LogP contribution in [0.25, 0.3) is 0 Å². The van der Waals surface area contributed by atoms with Crippen molar-refractivity contribution in [2.75, 3.05) is 33.3 Å². The zero-order valence-corrected chi connectivity index (χ0v) is 11.2. The Morgan fingerprint density at radius 2 is 1.54 bits per heavy atom. The first-order valence-corrected chi connectivity index (χ1v) is 8.71. The van der Waals surface area contributed by atoms with Gasteiger partial charge in [-0.2, -0.15) is 0 Å². The SMILES string of the molecule is CC[N+](C)(CC)CCO[Si](C)(C)C. The van der Waals surface area contributed by atoms with Crippen LogP contribution in [-0.2, 0) is 4.43 Å². The van der Waals surface area contributed by atoms with Crippen molar-refractivity contribution in [2.24, 2.45) is 0 Å². The molecule has 0 saturated carbocycles. The minimum Gasteiger partial charge on any atom is -0.412 e. The van der Waals surface area contributed by atoms with E-state index >= 15 is 0 Å². The average molecular weight is 204 g/mol. The van der Waals surface area contributed by atoms with Gasteiger partial charge in [0, 0.05) is 0 Å². The topological polar surface area (TPSA) is 9.23 Å². The van der Waals surface area contributed by atoms with Crippen molar-refractivity contribution in [3.05, 3.63) is 0 Å². The van der Waals surface area contributed by atoms with Gasteiger partial charge in [-0.1, -0.05) is 0 Å². The van der Waals surface area contributed by atoms with Crippen LogP contribution in [0.4, 0.5) is 0 Å². The van der Waals surface area contributed by atoms with E-state index < -0.39 is 8.32 Å². The first kappa shape index (κ1) is 13.1. The lowest BCUT2D eigenvalue weighted by atomic mass is 10.4. The Morgan fingerprint density at radius 3 is 1.85 bits per heavy atom. The molecule has 2 nitrogen and oxygen atoms in total. The van der Waals surface area contributed by atoms with E-state index in [2.05, 4.69) is 40.5 Å². The molecule has 0 saturated heterocycles. The predicted molar refractivity (Wildman–Crippen MR) is 61.4 cm³/mol. The molecule has 0 N–H and O–H groups in total. The van der Waals surface area contributed by atoms with E-state index in [4.69, 9.17) is 4.43 Å². The number of likely N-dealkylation sites (N-methyl/N-ethyl adjacent to an activating group) is 1. The summed E-state index contributed by atoms with van der Waals surface area (Å²) in [7, 11) is 1.01. The zero-order chi connectivity index (χ0) is 10.5. The normalized spacial score (nSPS) is 13.4. The van der Waals surface area contributed by atoms with Gasteiger partial charge in [0.25, 0.3) is 0 Å². The van der Waals surface area contributed by atoms with Crippen molar-refractivity contribution < 1.29 is 8.91 Å². The molecule has 0 aliphatic carbocycles. The van der Waals surface area contributed by atoms with E-state index in [-0.39, 0.29) is 0 Å². The molecule has 0 radical (unpaired) electrons. The lowest BCUT2D eigenvalue weighted by molar-refractivity contribution is -0.906. The van der Waals surface area contributed by atoms with Crippen molar-refractivity contribution in [3.8, 4) is 0 Å². The molecule has 0 spiro atoms. The molecule has 0 atom stereocenters. The highest BCUT2D eigenvalue weighted by Gasteiger charge is 2.19. The minimum atomic E-state index is -1.29. The maximum absolute atomic E-state index is 5.85. The fourth-order valence-electron chi connectivity index (χ4n) is 1.11. The molecule has 3 heteroatoms. The molecule has 0 aromatic carbocycles. The molecule has 0 rings (SSSR count). The van der Waals surface area contributed by atoms with E-state index in [1.54, 1.807) is 0 Å². The largest absolute Gasteiger partial charge is 0.412 e. The van der Waals surface area contributed by atoms with Crippen LogP contribution in [0.3, 0.4) is 0 Å². The summed E-state index contributed by atoms with van der Waals surface area (Å²) in [6.07, 6.45) is 0. The van der Waals surface area contributed by atoms with E-state index in [9.17, 15) is 0 Å². The van der Waals surface area contributed by atoms with Gasteiger partial charge < -0.3 is 8.91 Å². The second-order valence-corrected chi connectivity index (χ2v) is 9.45. The Balaban J connectivity index is 3.74. The summed E-state index contributed by atoms with van der Waals surface area (Å²) in [5.74, 6) is 0. The number of rotatable bonds is 6. The maximum Gasteiger partial charge on any atom is 0.184 e. The second-order valence-electron chi connectivity index (χ2n) is 4.94. The Kier molecular flexibility index (Phi) is 5.18. The van der Waals surface area contributed by atoms with Crippen LogP contribution in [0.15, 0.2) is 0 Å². The third kappa shape index (κ3) is 6.24. The molecule has 80 valence electrons. The van der Waals surface area contributed by atoms with E-state index in [1.807, 2.05) is 0 Å². The fraction of sp³-hybridized carbons (Fsp3) is 1.00. The molecule has 0 aliphatic heterocycles. The van der Waals surface area contributed by atoms with Crippen LogP contribution in [-0.4, -0.2) is 46.1 Å². The molecule has 0 amide bonds. The van der Waals surface area contributed by atoms with Crippen LogP contribution in [0.5, 0.6) is 0 Å². The average Bonchev–Trinajstić information content (AvgIpc) is 2.02. The molecule has 0 bridgehead atoms. The summed E-state index contributed by atoms with van der Waals surface area (Å²) in [5, 5.41) is 0. The molecular formula is C10H26NOSi+. The smallest absolute Gasteiger partial charge is 0.184 e. The molecule has 0 aliphatic rings. The Hall–Kier alpha value is 0.137. The number of hydrogen-bond donors (Lipinski definition) is 0. The zero-order valence-electron chi connectivity index (χ0n) is 10.2. The van der Waals surface area contributed by atoms with Crippen LogP contribution in [0.1, 0.15) is 13.8 Å². The van der Waals surface area contributed by atoms with Crippen LogP contribution in [0.2, 0.25) is 19.6 Å². The molecule has 0 heterocycles. The van der Waals surface area contributed by atoms with Gasteiger partial charge >= 0.3 is 0 Å². The molecule has 0 aromatic heterocycles. The molecular weight excluding hydrogens is 178 g/mol. The highest BCUT2D eigenvalue weighted by molar-refractivity contribution is 6.69. The maximum atomic E-state index is 5.85. The summed E-state index contributed by atoms with van der Waals surface area (Å²) in [6, 6.07) is 0. The Morgan fingerprint density at radius 1 is 1.08 bits per heavy atom. The molecule has 0 fully saturated rings. The van der Waals surface area contributed by atoms with Crippen LogP contribution < -0.4 is 0 Å². The Bertz CT molecular complexity index is 138. The molecule has 13 heavy (non-hydrogen) atoms. The number of hydrogen-bond acceptors (Lipinski definition) is 1. The molecule has 0 aromatic rings. The predicted octanol–water partition coefficient (Wildman–Crippen LogP) is 2.32. The quantitative estimate of drug-likeness (QED) is 0.477. The van der Waals surface area contributed by atoms with Crippen molar-refractivity contribution in [2.45, 2.75) is 33.5 Å². The van der Waals surface area contributed by atoms with Gasteiger partial charge in [0.05, 0.1) is 26.7 Å². The van der Waals surface area contributed by atoms with Crippen LogP contribution >= 0.6 is 0 Å². The van der Waals surface area contributed by atoms with Crippen molar-refractivity contribution >= 4 is 8.32 Å². The van der Waals surface area contributed by atoms with Gasteiger partial charge in [-0.25, -0.2) is 0 Å². The lowest BCUT2D eigenvalue weighted by Gasteiger charge is -2.33. The number of nitrogens with zero attached hydrogens (tertiary/aromatic N) is 1. The fourth-order valence-corrected chi connectivity index (χ4v) is 1.82. The lowest BCUT2D eigenvalue weighted by Crippen LogP contribution is -2.47. The van der Waals surface area contributed by atoms with Crippen molar-refractivity contribution in [3.63, 3.8) is 0 Å². The number of quaternary nitrogens is 1. The van der Waals surface area contributed by atoms with Crippen LogP contribution in [0, 0.1) is 0 Å². The van der Waals surface area contributed by atoms with E-state index in [0.29, 0.717) is 0 Å². The van der Waals surface area contributed by atoms with Gasteiger partial charge in [0.2, 0.25) is 0 Å². The van der Waals surface area contributed by atoms with Gasteiger partial charge in [-0.3, -0.25) is 0 Å². The van der Waals surface area contributed by atoms with Gasteiger partial charge in [0.1, 0.15) is 6.54 Å².